The van der Waals surface area contributed by atoms with Gasteiger partial charge in [0, 0.05) is 40.6 Å². The van der Waals surface area contributed by atoms with Gasteiger partial charge in [0.1, 0.15) is 5.69 Å². The van der Waals surface area contributed by atoms with Crippen LogP contribution in [-0.4, -0.2) is 50.1 Å². The Bertz CT molecular complexity index is 630. The summed E-state index contributed by atoms with van der Waals surface area (Å²) in [6.07, 6.45) is 0. The normalized spacial score (nSPS) is 16.2. The highest BCUT2D eigenvalue weighted by Crippen LogP contribution is 2.29. The lowest BCUT2D eigenvalue weighted by molar-refractivity contribution is -0.393. The molecule has 1 aromatic carbocycles. The van der Waals surface area contributed by atoms with Crippen molar-refractivity contribution in [3.63, 3.8) is 0 Å². The molecule has 1 aliphatic heterocycles. The third-order valence-corrected chi connectivity index (χ3v) is 6.57. The van der Waals surface area contributed by atoms with Gasteiger partial charge in [-0.05, 0) is 6.07 Å². The van der Waals surface area contributed by atoms with E-state index in [0.717, 1.165) is 46.3 Å². The van der Waals surface area contributed by atoms with Crippen LogP contribution in [-0.2, 0) is 0 Å². The smallest absolute Gasteiger partial charge is 0.272 e. The second-order valence-corrected chi connectivity index (χ2v) is 8.16. The number of benzene rings is 1. The van der Waals surface area contributed by atoms with Crippen molar-refractivity contribution in [1.82, 2.24) is 0 Å². The molecule has 11 heteroatoms. The number of anilines is 1. The first kappa shape index (κ1) is 18.9. The van der Waals surface area contributed by atoms with Gasteiger partial charge in [-0.1, -0.05) is 0 Å². The Labute approximate surface area is 151 Å². The number of nitrogens with one attached hydrogen (secondary N) is 1. The van der Waals surface area contributed by atoms with Gasteiger partial charge in [0.05, 0.1) is 21.6 Å². The molecule has 0 saturated carbocycles. The van der Waals surface area contributed by atoms with Gasteiger partial charge in [-0.25, -0.2) is 0 Å². The summed E-state index contributed by atoms with van der Waals surface area (Å²) in [5.41, 5.74) is 3.11. The minimum Gasteiger partial charge on any atom is -0.272 e. The molecule has 0 radical (unpaired) electrons. The maximum Gasteiger partial charge on any atom is 0.301 e. The summed E-state index contributed by atoms with van der Waals surface area (Å²) < 4.78 is 0. The van der Waals surface area contributed by atoms with Crippen LogP contribution >= 0.6 is 35.3 Å². The number of nitrogens with zero attached hydrogens (tertiary/aromatic N) is 3. The van der Waals surface area contributed by atoms with E-state index in [1.165, 1.54) is 12.1 Å². The Morgan fingerprint density at radius 3 is 2.17 bits per heavy atom. The molecular formula is C13H16N4O4S3. The molecule has 0 spiro atoms. The molecule has 1 aromatic rings. The molecule has 1 N–H and O–H groups in total. The number of thioether (sulfide) groups is 3. The van der Waals surface area contributed by atoms with Crippen molar-refractivity contribution in [2.45, 2.75) is 0 Å². The first-order valence-electron chi connectivity index (χ1n) is 7.05. The van der Waals surface area contributed by atoms with E-state index in [2.05, 4.69) is 10.5 Å². The van der Waals surface area contributed by atoms with Crippen molar-refractivity contribution < 1.29 is 9.85 Å². The number of nitro groups is 2. The van der Waals surface area contributed by atoms with Gasteiger partial charge in [-0.15, -0.1) is 0 Å². The molecule has 1 aliphatic rings. The summed E-state index contributed by atoms with van der Waals surface area (Å²) in [7, 11) is 0. The second-order valence-electron chi connectivity index (χ2n) is 4.72. The van der Waals surface area contributed by atoms with Crippen LogP contribution in [0.1, 0.15) is 0 Å². The van der Waals surface area contributed by atoms with E-state index in [4.69, 9.17) is 0 Å². The van der Waals surface area contributed by atoms with E-state index in [9.17, 15) is 20.2 Å². The first-order valence-corrected chi connectivity index (χ1v) is 10.5. The number of hydrogen-bond acceptors (Lipinski definition) is 9. The number of rotatable bonds is 4. The van der Waals surface area contributed by atoms with E-state index in [0.29, 0.717) is 0 Å². The SMILES string of the molecule is O=[N+]([O-])c1ccc(NN=C2CSCCSCCSC2)c([N+](=O)[O-])c1. The van der Waals surface area contributed by atoms with Gasteiger partial charge < -0.3 is 0 Å². The lowest BCUT2D eigenvalue weighted by Crippen LogP contribution is -2.12. The van der Waals surface area contributed by atoms with Gasteiger partial charge in [-0.3, -0.25) is 25.7 Å². The first-order chi connectivity index (χ1) is 11.6. The van der Waals surface area contributed by atoms with Crippen molar-refractivity contribution in [1.29, 1.82) is 0 Å². The highest BCUT2D eigenvalue weighted by Gasteiger charge is 2.19. The number of non-ortho nitro benzene ring substituents is 1. The zero-order valence-corrected chi connectivity index (χ0v) is 15.1. The Hall–Kier alpha value is -1.46. The Morgan fingerprint density at radius 2 is 1.58 bits per heavy atom. The quantitative estimate of drug-likeness (QED) is 0.616. The number of hydrazone groups is 1. The number of hydrogen-bond donors (Lipinski definition) is 1. The van der Waals surface area contributed by atoms with Crippen LogP contribution in [0.2, 0.25) is 0 Å². The molecule has 130 valence electrons. The highest BCUT2D eigenvalue weighted by molar-refractivity contribution is 8.05. The standard InChI is InChI=1S/C13H16N4O4S3/c18-16(19)11-1-2-12(13(7-11)17(20)21)15-14-10-8-23-5-3-22-4-6-24-9-10/h1-2,7,15H,3-6,8-9H2. The van der Waals surface area contributed by atoms with E-state index in [-0.39, 0.29) is 17.1 Å². The molecule has 0 aromatic heterocycles. The maximum absolute atomic E-state index is 11.1. The van der Waals surface area contributed by atoms with Crippen molar-refractivity contribution >= 4 is 58.1 Å². The van der Waals surface area contributed by atoms with Crippen molar-refractivity contribution in [3.05, 3.63) is 38.4 Å². The summed E-state index contributed by atoms with van der Waals surface area (Å²) in [5, 5.41) is 26.2. The highest BCUT2D eigenvalue weighted by atomic mass is 32.2. The van der Waals surface area contributed by atoms with Crippen molar-refractivity contribution in [3.8, 4) is 0 Å². The van der Waals surface area contributed by atoms with Crippen LogP contribution in [0.5, 0.6) is 0 Å². The van der Waals surface area contributed by atoms with Gasteiger partial charge in [0.25, 0.3) is 5.69 Å². The van der Waals surface area contributed by atoms with E-state index < -0.39 is 9.85 Å². The largest absolute Gasteiger partial charge is 0.301 e. The van der Waals surface area contributed by atoms with Gasteiger partial charge in [-0.2, -0.15) is 40.4 Å². The van der Waals surface area contributed by atoms with Gasteiger partial charge in [0.15, 0.2) is 0 Å². The fourth-order valence-electron chi connectivity index (χ4n) is 1.84. The van der Waals surface area contributed by atoms with Crippen LogP contribution < -0.4 is 5.43 Å². The molecule has 0 unspecified atom stereocenters. The zero-order valence-electron chi connectivity index (χ0n) is 12.7. The van der Waals surface area contributed by atoms with Gasteiger partial charge >= 0.3 is 5.69 Å². The van der Waals surface area contributed by atoms with E-state index in [1.807, 2.05) is 11.8 Å². The molecule has 0 bridgehead atoms. The van der Waals surface area contributed by atoms with E-state index in [1.54, 1.807) is 23.5 Å². The molecule has 1 heterocycles. The predicted octanol–water partition coefficient (Wildman–Crippen LogP) is 3.48. The van der Waals surface area contributed by atoms with Crippen LogP contribution in [0.4, 0.5) is 17.1 Å². The summed E-state index contributed by atoms with van der Waals surface area (Å²) >= 11 is 5.51. The molecule has 0 amide bonds. The monoisotopic (exact) mass is 388 g/mol. The van der Waals surface area contributed by atoms with Crippen molar-refractivity contribution in [2.24, 2.45) is 5.10 Å². The topological polar surface area (TPSA) is 111 Å². The summed E-state index contributed by atoms with van der Waals surface area (Å²) in [5.74, 6) is 5.85. The molecule has 0 atom stereocenters. The molecule has 2 rings (SSSR count). The molecule has 0 aliphatic carbocycles. The number of nitro benzene ring substituents is 2. The lowest BCUT2D eigenvalue weighted by Gasteiger charge is -2.10. The zero-order chi connectivity index (χ0) is 17.4. The maximum atomic E-state index is 11.1. The minimum absolute atomic E-state index is 0.153. The van der Waals surface area contributed by atoms with Crippen LogP contribution in [0.3, 0.4) is 0 Å². The van der Waals surface area contributed by atoms with Crippen molar-refractivity contribution in [2.75, 3.05) is 39.9 Å². The Morgan fingerprint density at radius 1 is 0.958 bits per heavy atom. The van der Waals surface area contributed by atoms with Crippen LogP contribution in [0.15, 0.2) is 23.3 Å². The minimum atomic E-state index is -0.657. The summed E-state index contributed by atoms with van der Waals surface area (Å²) in [4.78, 5) is 20.6. The molecule has 1 saturated heterocycles. The fraction of sp³-hybridized carbons (Fsp3) is 0.462. The predicted molar refractivity (Wildman–Crippen MR) is 103 cm³/mol. The molecule has 1 fully saturated rings. The summed E-state index contributed by atoms with van der Waals surface area (Å²) in [6, 6.07) is 3.48. The molecule has 24 heavy (non-hydrogen) atoms. The average molecular weight is 388 g/mol. The molecular weight excluding hydrogens is 372 g/mol. The Kier molecular flexibility index (Phi) is 7.66. The van der Waals surface area contributed by atoms with E-state index >= 15 is 0 Å². The Balaban J connectivity index is 2.12. The average Bonchev–Trinajstić information content (AvgIpc) is 2.57. The third-order valence-electron chi connectivity index (χ3n) is 3.00. The van der Waals surface area contributed by atoms with Crippen LogP contribution in [0.25, 0.3) is 0 Å². The van der Waals surface area contributed by atoms with Crippen LogP contribution in [0, 0.1) is 20.2 Å². The summed E-state index contributed by atoms with van der Waals surface area (Å²) in [6.45, 7) is 0. The third kappa shape index (κ3) is 5.87. The van der Waals surface area contributed by atoms with Gasteiger partial charge in [0.2, 0.25) is 0 Å². The second kappa shape index (κ2) is 9.74. The molecule has 8 nitrogen and oxygen atoms in total. The fourth-order valence-corrected chi connectivity index (χ4v) is 5.15. The lowest BCUT2D eigenvalue weighted by atomic mass is 10.2.